The van der Waals surface area contributed by atoms with Gasteiger partial charge in [0.15, 0.2) is 0 Å². The van der Waals surface area contributed by atoms with Crippen LogP contribution in [0.4, 0.5) is 0 Å². The maximum Gasteiger partial charge on any atom is 0.0817 e. The SMILES string of the molecule is CCCCCCCCCCCCC(C)(C)c1ccc(C2=c3ccc([nH]3)=C(c3ccccc3)c3cc4c(n3)c(-c3ccc(C(C)(C)CCCCCCCCCCCC)cc3)c3ccc([nH]3)c3c5nc2cc5c2cc5nc2c(-c2ccc(C(C)(C)CCCCCCCCCCCC)cc2)c2ccc([nH]2)c3c2nc(cc42)C(c2ccc(C(C)(C)CCCCCCCCCCCC)cc2)=c2ccc([nH]2)=C5c2ccccc2)cc1. The Morgan fingerprint density at radius 2 is 0.403 bits per heavy atom. The van der Waals surface area contributed by atoms with Gasteiger partial charge in [-0.1, -0.05) is 498 Å². The fourth-order valence-corrected chi connectivity index (χ4v) is 24.2. The quantitative estimate of drug-likeness (QED) is 0.0284. The van der Waals surface area contributed by atoms with Gasteiger partial charge in [-0.2, -0.15) is 0 Å². The second-order valence-electron chi connectivity index (χ2n) is 46.1. The molecule has 18 rings (SSSR count). The van der Waals surface area contributed by atoms with Gasteiger partial charge in [0.2, 0.25) is 0 Å². The molecule has 144 heavy (non-hydrogen) atoms. The van der Waals surface area contributed by atoms with Gasteiger partial charge in [0.05, 0.1) is 44.8 Å². The lowest BCUT2D eigenvalue weighted by molar-refractivity contribution is 0.441. The van der Waals surface area contributed by atoms with Crippen LogP contribution in [-0.4, -0.2) is 39.9 Å². The molecule has 0 saturated heterocycles. The van der Waals surface area contributed by atoms with Gasteiger partial charge >= 0.3 is 0 Å². The highest BCUT2D eigenvalue weighted by molar-refractivity contribution is 6.30. The number of fused-ring (bicyclic) bond motifs is 12. The lowest BCUT2D eigenvalue weighted by Gasteiger charge is -2.26. The van der Waals surface area contributed by atoms with E-state index in [1.54, 1.807) is 0 Å². The fraction of sp³-hybridized carbons (Fsp3) is 0.441. The summed E-state index contributed by atoms with van der Waals surface area (Å²) in [7, 11) is 0. The van der Waals surface area contributed by atoms with Crippen molar-refractivity contribution in [3.63, 3.8) is 0 Å². The summed E-state index contributed by atoms with van der Waals surface area (Å²) < 4.78 is 0. The van der Waals surface area contributed by atoms with E-state index in [4.69, 9.17) is 19.9 Å². The molecule has 0 spiro atoms. The van der Waals surface area contributed by atoms with Gasteiger partial charge in [-0.15, -0.1) is 0 Å². The molecule has 10 aromatic heterocycles. The number of nitrogens with zero attached hydrogens (tertiary/aromatic N) is 4. The van der Waals surface area contributed by atoms with Gasteiger partial charge in [-0.05, 0) is 176 Å². The molecule has 16 aromatic rings. The van der Waals surface area contributed by atoms with Crippen molar-refractivity contribution >= 4 is 98.7 Å². The Hall–Kier alpha value is -11.5. The standard InChI is InChI=1S/C136H166N8/c1-13-17-21-25-29-33-37-41-45-55-87-133(5,6)101-71-63-97(64-72-101)123-111-81-79-109(137-111)121(95-59-51-49-52-60-95)117-92-106-108-94-120-124(98-65-73-102(74-66-98)134(7,8)88-56-46-42-38-34-30-26-22-18-14-2)112-82-80-110(138-112)122(96-61-53-50-54-62-96)118-91-105-107-93-119(123)143-131(107)127(115-85-83-114(139-115)126(130(106)141-117)100-69-77-104(78-70-100)136(11,12)90-58-48-44-40-36-32-28-24-20-16-4)128(132(108)144-120)116-86-84-113(140-116)125(129(105)142-118)99-67-75-103(76-68-99)135(9,10)89-57-47-43-39-35-31-27-23-19-15-3/h49-54,59-86,91-94,137-140H,13-48,55-58,87-90H2,1-12H3. The van der Waals surface area contributed by atoms with E-state index < -0.39 is 0 Å². The van der Waals surface area contributed by atoms with Crippen LogP contribution in [0, 0.1) is 0 Å². The second kappa shape index (κ2) is 47.8. The van der Waals surface area contributed by atoms with E-state index in [1.165, 1.54) is 279 Å². The number of benzene rings is 6. The summed E-state index contributed by atoms with van der Waals surface area (Å²) in [6.45, 7) is 29.0. The fourth-order valence-electron chi connectivity index (χ4n) is 24.2. The zero-order valence-electron chi connectivity index (χ0n) is 89.8. The van der Waals surface area contributed by atoms with E-state index in [9.17, 15) is 0 Å². The van der Waals surface area contributed by atoms with Gasteiger partial charge in [0, 0.05) is 109 Å². The molecule has 0 atom stereocenters. The largest absolute Gasteiger partial charge is 0.354 e. The first kappa shape index (κ1) is 103. The summed E-state index contributed by atoms with van der Waals surface area (Å²) in [6, 6.07) is 89.1. The molecular formula is C136H166N8. The monoisotopic (exact) mass is 1910 g/mol. The molecule has 0 saturated carbocycles. The van der Waals surface area contributed by atoms with Crippen LogP contribution in [0.5, 0.6) is 0 Å². The molecule has 750 valence electrons. The van der Waals surface area contributed by atoms with Crippen molar-refractivity contribution < 1.29 is 0 Å². The molecule has 18 bridgehead atoms. The van der Waals surface area contributed by atoms with Crippen molar-refractivity contribution in [2.75, 3.05) is 0 Å². The minimum absolute atomic E-state index is 0.0481. The molecule has 0 radical (unpaired) electrons. The zero-order valence-corrected chi connectivity index (χ0v) is 89.8. The molecule has 0 amide bonds. The van der Waals surface area contributed by atoms with Crippen LogP contribution in [-0.2, 0) is 21.7 Å². The first-order valence-electron chi connectivity index (χ1n) is 57.3. The number of aromatic nitrogens is 8. The molecule has 6 aromatic carbocycles. The molecule has 8 heteroatoms. The molecule has 2 aliphatic heterocycles. The number of H-pyrrole nitrogens is 4. The van der Waals surface area contributed by atoms with Gasteiger partial charge in [0.1, 0.15) is 0 Å². The van der Waals surface area contributed by atoms with E-state index in [2.05, 4.69) is 334 Å². The predicted molar refractivity (Wildman–Crippen MR) is 619 cm³/mol. The summed E-state index contributed by atoms with van der Waals surface area (Å²) in [5.41, 5.74) is 28.2. The number of hydrogen-bond acceptors (Lipinski definition) is 4. The average molecular weight is 1910 g/mol. The lowest BCUT2D eigenvalue weighted by atomic mass is 9.79. The number of hydrogen-bond donors (Lipinski definition) is 4. The highest BCUT2D eigenvalue weighted by atomic mass is 14.8. The van der Waals surface area contributed by atoms with Crippen molar-refractivity contribution in [2.24, 2.45) is 0 Å². The van der Waals surface area contributed by atoms with E-state index in [0.717, 1.165) is 213 Å². The maximum absolute atomic E-state index is 6.54. The molecule has 4 N–H and O–H groups in total. The molecule has 0 fully saturated rings. The van der Waals surface area contributed by atoms with Crippen LogP contribution in [0.15, 0.2) is 231 Å². The van der Waals surface area contributed by atoms with Crippen LogP contribution in [0.2, 0.25) is 0 Å². The number of aromatic amines is 4. The van der Waals surface area contributed by atoms with E-state index in [1.807, 2.05) is 0 Å². The molecule has 0 unspecified atom stereocenters. The van der Waals surface area contributed by atoms with E-state index in [-0.39, 0.29) is 21.7 Å². The summed E-state index contributed by atoms with van der Waals surface area (Å²) in [5.74, 6) is 0. The third-order valence-electron chi connectivity index (χ3n) is 33.3. The van der Waals surface area contributed by atoms with Gasteiger partial charge in [-0.25, -0.2) is 19.9 Å². The Labute approximate surface area is 861 Å². The molecule has 2 aliphatic rings. The van der Waals surface area contributed by atoms with Crippen molar-refractivity contribution in [2.45, 2.75) is 387 Å². The van der Waals surface area contributed by atoms with Crippen molar-refractivity contribution in [1.82, 2.24) is 39.9 Å². The summed E-state index contributed by atoms with van der Waals surface area (Å²) in [5, 5.41) is 9.60. The summed E-state index contributed by atoms with van der Waals surface area (Å²) >= 11 is 0. The van der Waals surface area contributed by atoms with Crippen molar-refractivity contribution in [3.8, 4) is 22.3 Å². The predicted octanol–water partition coefficient (Wildman–Crippen LogP) is 36.5. The maximum atomic E-state index is 6.54. The molecular weight excluding hydrogens is 1750 g/mol. The summed E-state index contributed by atoms with van der Waals surface area (Å²) in [4.78, 5) is 43.0. The second-order valence-corrected chi connectivity index (χ2v) is 46.1. The van der Waals surface area contributed by atoms with Gasteiger partial charge < -0.3 is 19.9 Å². The molecule has 12 heterocycles. The zero-order chi connectivity index (χ0) is 99.6. The third-order valence-corrected chi connectivity index (χ3v) is 33.3. The number of unbranched alkanes of at least 4 members (excludes halogenated alkanes) is 36. The Kier molecular flexibility index (Phi) is 34.0. The Morgan fingerprint density at radius 1 is 0.194 bits per heavy atom. The topological polar surface area (TPSA) is 115 Å². The Balaban J connectivity index is 0.911. The van der Waals surface area contributed by atoms with Crippen LogP contribution in [0.1, 0.15) is 433 Å². The molecule has 8 nitrogen and oxygen atoms in total. The minimum Gasteiger partial charge on any atom is -0.354 e. The average Bonchev–Trinajstić information content (AvgIpc) is 1.55. The van der Waals surface area contributed by atoms with Gasteiger partial charge in [-0.3, -0.25) is 0 Å². The van der Waals surface area contributed by atoms with Crippen LogP contribution in [0.3, 0.4) is 0 Å². The van der Waals surface area contributed by atoms with Crippen LogP contribution < -0.4 is 21.4 Å². The van der Waals surface area contributed by atoms with Crippen molar-refractivity contribution in [3.05, 3.63) is 319 Å². The molecule has 0 aliphatic carbocycles. The normalized spacial score (nSPS) is 13.1. The minimum atomic E-state index is -0.0513. The first-order chi connectivity index (χ1) is 70.3. The Morgan fingerprint density at radius 3 is 0.653 bits per heavy atom. The van der Waals surface area contributed by atoms with Crippen LogP contribution in [0.25, 0.3) is 121 Å². The summed E-state index contributed by atoms with van der Waals surface area (Å²) in [6.07, 6.45) is 57.4. The number of nitrogens with one attached hydrogen (secondary N) is 4. The van der Waals surface area contributed by atoms with Crippen LogP contribution >= 0.6 is 0 Å². The third kappa shape index (κ3) is 23.6. The van der Waals surface area contributed by atoms with Gasteiger partial charge in [0.25, 0.3) is 0 Å². The smallest absolute Gasteiger partial charge is 0.0817 e. The highest BCUT2D eigenvalue weighted by Crippen LogP contribution is 2.48. The van der Waals surface area contributed by atoms with Crippen molar-refractivity contribution in [1.29, 1.82) is 0 Å². The highest BCUT2D eigenvalue weighted by Gasteiger charge is 2.31. The first-order valence-corrected chi connectivity index (χ1v) is 57.3. The number of rotatable bonds is 54. The van der Waals surface area contributed by atoms with E-state index >= 15 is 0 Å². The lowest BCUT2D eigenvalue weighted by Crippen LogP contribution is -2.18. The Bertz CT molecular complexity index is 6890. The van der Waals surface area contributed by atoms with E-state index in [0.29, 0.717) is 0 Å².